The predicted octanol–water partition coefficient (Wildman–Crippen LogP) is 5.93. The number of nitriles is 1. The van der Waals surface area contributed by atoms with Crippen LogP contribution >= 0.6 is 11.6 Å². The third-order valence-electron chi connectivity index (χ3n) is 7.28. The van der Waals surface area contributed by atoms with Gasteiger partial charge in [0.25, 0.3) is 0 Å². The molecule has 0 saturated carbocycles. The lowest BCUT2D eigenvalue weighted by atomic mass is 9.74. The number of carbonyl (C=O) groups excluding carboxylic acids is 1. The quantitative estimate of drug-likeness (QED) is 0.238. The van der Waals surface area contributed by atoms with Gasteiger partial charge in [0, 0.05) is 49.9 Å². The van der Waals surface area contributed by atoms with Crippen LogP contribution in [0.3, 0.4) is 0 Å². The molecule has 0 radical (unpaired) electrons. The van der Waals surface area contributed by atoms with Gasteiger partial charge in [0.05, 0.1) is 23.8 Å². The van der Waals surface area contributed by atoms with Crippen molar-refractivity contribution in [3.05, 3.63) is 70.3 Å². The van der Waals surface area contributed by atoms with Crippen LogP contribution in [0.15, 0.2) is 48.0 Å². The average molecular weight is 521 g/mol. The molecule has 1 N–H and O–H groups in total. The Labute approximate surface area is 226 Å². The first-order chi connectivity index (χ1) is 17.9. The van der Waals surface area contributed by atoms with Gasteiger partial charge in [-0.05, 0) is 60.1 Å². The van der Waals surface area contributed by atoms with Crippen molar-refractivity contribution in [2.75, 3.05) is 27.2 Å². The highest BCUT2D eigenvalue weighted by molar-refractivity contribution is 6.32. The Morgan fingerprint density at radius 3 is 2.70 bits per heavy atom. The van der Waals surface area contributed by atoms with Gasteiger partial charge in [0.15, 0.2) is 0 Å². The zero-order valence-corrected chi connectivity index (χ0v) is 23.0. The number of hydrogen-bond donors (Lipinski definition) is 1. The van der Waals surface area contributed by atoms with Crippen LogP contribution in [0.2, 0.25) is 5.02 Å². The largest absolute Gasteiger partial charge is 0.495 e. The molecule has 196 valence electrons. The molecule has 1 aliphatic heterocycles. The number of ether oxygens (including phenoxy) is 1. The van der Waals surface area contributed by atoms with E-state index in [0.717, 1.165) is 54.7 Å². The first-order valence-corrected chi connectivity index (χ1v) is 13.2. The molecule has 1 saturated heterocycles. The van der Waals surface area contributed by atoms with Gasteiger partial charge >= 0.3 is 0 Å². The fourth-order valence-electron chi connectivity index (χ4n) is 5.44. The number of aliphatic imine (C=N–C) groups is 1. The lowest BCUT2D eigenvalue weighted by molar-refractivity contribution is -0.109. The van der Waals surface area contributed by atoms with E-state index in [1.807, 2.05) is 43.4 Å². The van der Waals surface area contributed by atoms with Crippen LogP contribution in [-0.2, 0) is 11.3 Å². The molecule has 37 heavy (non-hydrogen) atoms. The topological polar surface area (TPSA) is 77.7 Å². The summed E-state index contributed by atoms with van der Waals surface area (Å²) in [5.74, 6) is 2.70. The number of piperidine rings is 1. The van der Waals surface area contributed by atoms with E-state index >= 15 is 0 Å². The zero-order chi connectivity index (χ0) is 26.9. The summed E-state index contributed by atoms with van der Waals surface area (Å²) in [5.41, 5.74) is 4.03. The van der Waals surface area contributed by atoms with Gasteiger partial charge in [0.1, 0.15) is 17.9 Å². The second kappa shape index (κ2) is 13.3. The van der Waals surface area contributed by atoms with E-state index in [9.17, 15) is 10.1 Å². The minimum absolute atomic E-state index is 0.371. The Bertz CT molecular complexity index is 1190. The average Bonchev–Trinajstić information content (AvgIpc) is 2.90. The third-order valence-corrected chi connectivity index (χ3v) is 7.57. The van der Waals surface area contributed by atoms with Crippen LogP contribution < -0.4 is 10.1 Å². The van der Waals surface area contributed by atoms with E-state index in [4.69, 9.17) is 21.3 Å². The molecular formula is C30H37ClN4O2. The van der Waals surface area contributed by atoms with Crippen LogP contribution in [-0.4, -0.2) is 44.3 Å². The number of benzene rings is 2. The van der Waals surface area contributed by atoms with Crippen molar-refractivity contribution in [2.24, 2.45) is 22.7 Å². The summed E-state index contributed by atoms with van der Waals surface area (Å²) in [6.07, 6.45) is 3.84. The van der Waals surface area contributed by atoms with Gasteiger partial charge in [-0.15, -0.1) is 0 Å². The SMILES string of the molecule is C=C(NCc1ccc(OC)c(Cl)c1)c1cc(C#N)ccc1C(=NC)N1CC(C)C(CC=O)C(CCC)C1. The second-order valence-electron chi connectivity index (χ2n) is 9.72. The van der Waals surface area contributed by atoms with Crippen LogP contribution in [0.25, 0.3) is 5.70 Å². The van der Waals surface area contributed by atoms with Crippen LogP contribution in [0, 0.1) is 29.1 Å². The standard InChI is InChI=1S/C30H37ClN4O2/c1-6-7-24-19-35(18-20(2)25(24)12-13-36)30(33-4)26-10-8-22(16-32)14-27(26)21(3)34-17-23-9-11-29(37-5)28(31)15-23/h8-11,13-15,20,24-25,34H,3,6-7,12,17-19H2,1-2,4-5H3. The number of likely N-dealkylation sites (tertiary alicyclic amines) is 1. The Balaban J connectivity index is 1.88. The highest BCUT2D eigenvalue weighted by atomic mass is 35.5. The van der Waals surface area contributed by atoms with E-state index in [-0.39, 0.29) is 0 Å². The highest BCUT2D eigenvalue weighted by Gasteiger charge is 2.35. The Hall–Kier alpha value is -3.30. The van der Waals surface area contributed by atoms with Crippen molar-refractivity contribution in [3.63, 3.8) is 0 Å². The first kappa shape index (κ1) is 28.3. The van der Waals surface area contributed by atoms with E-state index < -0.39 is 0 Å². The molecule has 0 bridgehead atoms. The summed E-state index contributed by atoms with van der Waals surface area (Å²) < 4.78 is 5.25. The molecule has 0 aromatic heterocycles. The number of rotatable bonds is 10. The van der Waals surface area contributed by atoms with Crippen molar-refractivity contribution in [1.29, 1.82) is 5.26 Å². The number of amidine groups is 1. The summed E-state index contributed by atoms with van der Waals surface area (Å²) in [4.78, 5) is 18.4. The van der Waals surface area contributed by atoms with E-state index in [1.165, 1.54) is 0 Å². The number of nitrogens with zero attached hydrogens (tertiary/aromatic N) is 3. The second-order valence-corrected chi connectivity index (χ2v) is 10.1. The van der Waals surface area contributed by atoms with Gasteiger partial charge in [-0.3, -0.25) is 4.99 Å². The van der Waals surface area contributed by atoms with E-state index in [1.54, 1.807) is 7.11 Å². The summed E-state index contributed by atoms with van der Waals surface area (Å²) in [7, 11) is 3.40. The molecule has 1 fully saturated rings. The van der Waals surface area contributed by atoms with E-state index in [0.29, 0.717) is 52.8 Å². The minimum atomic E-state index is 0.371. The van der Waals surface area contributed by atoms with Gasteiger partial charge in [0.2, 0.25) is 0 Å². The Kier molecular flexibility index (Phi) is 10.2. The molecule has 0 amide bonds. The Morgan fingerprint density at radius 1 is 1.30 bits per heavy atom. The molecule has 0 spiro atoms. The monoisotopic (exact) mass is 520 g/mol. The molecular weight excluding hydrogens is 484 g/mol. The summed E-state index contributed by atoms with van der Waals surface area (Å²) in [6.45, 7) is 10.9. The van der Waals surface area contributed by atoms with Gasteiger partial charge in [-0.2, -0.15) is 5.26 Å². The third kappa shape index (κ3) is 6.72. The number of hydrogen-bond acceptors (Lipinski definition) is 5. The fraction of sp³-hybridized carbons (Fsp3) is 0.433. The normalized spacial score (nSPS) is 19.7. The van der Waals surface area contributed by atoms with Crippen LogP contribution in [0.4, 0.5) is 0 Å². The minimum Gasteiger partial charge on any atom is -0.495 e. The number of methoxy groups -OCH3 is 1. The van der Waals surface area contributed by atoms with Gasteiger partial charge in [-0.1, -0.05) is 44.5 Å². The molecule has 3 rings (SSSR count). The summed E-state index contributed by atoms with van der Waals surface area (Å²) in [5, 5.41) is 13.5. The fourth-order valence-corrected chi connectivity index (χ4v) is 5.72. The molecule has 1 aliphatic rings. The molecule has 2 aromatic carbocycles. The lowest BCUT2D eigenvalue weighted by Gasteiger charge is -2.44. The summed E-state index contributed by atoms with van der Waals surface area (Å²) in [6, 6.07) is 13.6. The molecule has 6 nitrogen and oxygen atoms in total. The number of aldehydes is 1. The smallest absolute Gasteiger partial charge is 0.137 e. The predicted molar refractivity (Wildman–Crippen MR) is 151 cm³/mol. The van der Waals surface area contributed by atoms with E-state index in [2.05, 4.69) is 36.7 Å². The molecule has 1 heterocycles. The van der Waals surface area contributed by atoms with Gasteiger partial charge < -0.3 is 19.7 Å². The van der Waals surface area contributed by atoms with Crippen molar-refractivity contribution in [3.8, 4) is 11.8 Å². The highest BCUT2D eigenvalue weighted by Crippen LogP contribution is 2.35. The van der Waals surface area contributed by atoms with Gasteiger partial charge in [-0.25, -0.2) is 0 Å². The first-order valence-electron chi connectivity index (χ1n) is 12.8. The van der Waals surface area contributed by atoms with Crippen LogP contribution in [0.1, 0.15) is 55.4 Å². The molecule has 2 aromatic rings. The Morgan fingerprint density at radius 2 is 2.08 bits per heavy atom. The van der Waals surface area contributed by atoms with Crippen molar-refractivity contribution in [2.45, 2.75) is 39.7 Å². The molecule has 7 heteroatoms. The summed E-state index contributed by atoms with van der Waals surface area (Å²) >= 11 is 6.30. The number of nitrogens with one attached hydrogen (secondary N) is 1. The van der Waals surface area contributed by atoms with Crippen LogP contribution in [0.5, 0.6) is 5.75 Å². The zero-order valence-electron chi connectivity index (χ0n) is 22.3. The molecule has 0 aliphatic carbocycles. The number of halogens is 1. The lowest BCUT2D eigenvalue weighted by Crippen LogP contribution is -2.48. The maximum absolute atomic E-state index is 11.4. The van der Waals surface area contributed by atoms with Crippen molar-refractivity contribution < 1.29 is 9.53 Å². The molecule has 3 atom stereocenters. The maximum atomic E-state index is 11.4. The molecule has 3 unspecified atom stereocenters. The van der Waals surface area contributed by atoms with Crippen molar-refractivity contribution in [1.82, 2.24) is 10.2 Å². The number of carbonyl (C=O) groups is 1. The maximum Gasteiger partial charge on any atom is 0.137 e. The van der Waals surface area contributed by atoms with Crippen molar-refractivity contribution >= 4 is 29.4 Å².